The van der Waals surface area contributed by atoms with Gasteiger partial charge in [0.05, 0.1) is 19.3 Å². The zero-order valence-corrected chi connectivity index (χ0v) is 18.3. The maximum Gasteiger partial charge on any atom is 0.244 e. The van der Waals surface area contributed by atoms with Crippen LogP contribution < -0.4 is 15.4 Å². The lowest BCUT2D eigenvalue weighted by atomic mass is 9.97. The molecule has 0 radical (unpaired) electrons. The van der Waals surface area contributed by atoms with Gasteiger partial charge in [-0.05, 0) is 49.6 Å². The number of piperidine rings is 1. The Balaban J connectivity index is 1.49. The highest BCUT2D eigenvalue weighted by atomic mass is 32.2. The van der Waals surface area contributed by atoms with Crippen LogP contribution in [0.4, 0.5) is 5.69 Å². The number of sulfonamides is 1. The Morgan fingerprint density at radius 1 is 1.23 bits per heavy atom. The van der Waals surface area contributed by atoms with Gasteiger partial charge in [0, 0.05) is 31.4 Å². The van der Waals surface area contributed by atoms with Gasteiger partial charge in [-0.25, -0.2) is 8.42 Å². The van der Waals surface area contributed by atoms with Crippen molar-refractivity contribution < 1.29 is 22.7 Å². The molecule has 0 saturated carbocycles. The smallest absolute Gasteiger partial charge is 0.244 e. The first kappa shape index (κ1) is 22.7. The average molecular weight is 447 g/mol. The number of hydrogen-bond acceptors (Lipinski definition) is 6. The molecule has 0 aliphatic carbocycles. The molecule has 2 heterocycles. The molecular formula is C21H26N4O5S. The van der Waals surface area contributed by atoms with Crippen LogP contribution in [0.15, 0.2) is 47.6 Å². The summed E-state index contributed by atoms with van der Waals surface area (Å²) in [5.74, 6) is -0.437. The average Bonchev–Trinajstić information content (AvgIpc) is 2.78. The molecule has 1 fully saturated rings. The molecule has 2 amide bonds. The van der Waals surface area contributed by atoms with Crippen LogP contribution in [0, 0.1) is 12.8 Å². The van der Waals surface area contributed by atoms with E-state index < -0.39 is 10.0 Å². The summed E-state index contributed by atoms with van der Waals surface area (Å²) in [6, 6.07) is 8.50. The molecular weight excluding hydrogens is 420 g/mol. The number of ether oxygens (including phenoxy) is 1. The van der Waals surface area contributed by atoms with Crippen LogP contribution >= 0.6 is 0 Å². The van der Waals surface area contributed by atoms with E-state index in [2.05, 4.69) is 15.6 Å². The standard InChI is InChI=1S/C21H26N4O5S/c1-15-5-6-19(30-2)18(12-15)24-20(26)14-23-21(27)16-7-10-25(11-8-16)31(28,29)17-4-3-9-22-13-17/h3-6,9,12-13,16H,7-8,10-11,14H2,1-2H3,(H,23,27)(H,24,26). The number of anilines is 1. The third-order valence-electron chi connectivity index (χ3n) is 5.15. The topological polar surface area (TPSA) is 118 Å². The van der Waals surface area contributed by atoms with E-state index in [-0.39, 0.29) is 42.3 Å². The second-order valence-electron chi connectivity index (χ2n) is 7.34. The Bertz CT molecular complexity index is 1030. The lowest BCUT2D eigenvalue weighted by Gasteiger charge is -2.30. The minimum Gasteiger partial charge on any atom is -0.495 e. The fourth-order valence-electron chi connectivity index (χ4n) is 3.43. The Kier molecular flexibility index (Phi) is 7.24. The highest BCUT2D eigenvalue weighted by molar-refractivity contribution is 7.89. The second-order valence-corrected chi connectivity index (χ2v) is 9.27. The number of carbonyl (C=O) groups excluding carboxylic acids is 2. The molecule has 1 aliphatic heterocycles. The van der Waals surface area contributed by atoms with E-state index in [1.807, 2.05) is 13.0 Å². The molecule has 0 unspecified atom stereocenters. The molecule has 1 aromatic heterocycles. The molecule has 0 spiro atoms. The number of methoxy groups -OCH3 is 1. The zero-order chi connectivity index (χ0) is 22.4. The van der Waals surface area contributed by atoms with Gasteiger partial charge in [0.2, 0.25) is 21.8 Å². The van der Waals surface area contributed by atoms with Crippen LogP contribution in [0.2, 0.25) is 0 Å². The number of hydrogen-bond donors (Lipinski definition) is 2. The molecule has 1 aromatic carbocycles. The predicted molar refractivity (Wildman–Crippen MR) is 115 cm³/mol. The summed E-state index contributed by atoms with van der Waals surface area (Å²) in [7, 11) is -2.10. The highest BCUT2D eigenvalue weighted by Crippen LogP contribution is 2.25. The molecule has 9 nitrogen and oxygen atoms in total. The van der Waals surface area contributed by atoms with Gasteiger partial charge in [-0.1, -0.05) is 6.07 Å². The van der Waals surface area contributed by atoms with Crippen molar-refractivity contribution in [3.8, 4) is 5.75 Å². The predicted octanol–water partition coefficient (Wildman–Crippen LogP) is 1.55. The van der Waals surface area contributed by atoms with Crippen LogP contribution in [0.3, 0.4) is 0 Å². The molecule has 3 rings (SSSR count). The maximum atomic E-state index is 12.7. The molecule has 166 valence electrons. The SMILES string of the molecule is COc1ccc(C)cc1NC(=O)CNC(=O)C1CCN(S(=O)(=O)c2cccnc2)CC1. The molecule has 1 aliphatic rings. The number of amides is 2. The van der Waals surface area contributed by atoms with Crippen molar-refractivity contribution in [3.05, 3.63) is 48.3 Å². The summed E-state index contributed by atoms with van der Waals surface area (Å²) in [5, 5.41) is 5.37. The van der Waals surface area contributed by atoms with E-state index in [0.717, 1.165) is 5.56 Å². The van der Waals surface area contributed by atoms with Gasteiger partial charge in [-0.3, -0.25) is 14.6 Å². The second kappa shape index (κ2) is 9.88. The van der Waals surface area contributed by atoms with E-state index in [9.17, 15) is 18.0 Å². The van der Waals surface area contributed by atoms with Crippen LogP contribution in [-0.4, -0.2) is 56.3 Å². The number of rotatable bonds is 7. The summed E-state index contributed by atoms with van der Waals surface area (Å²) < 4.78 is 31.9. The minimum atomic E-state index is -3.62. The number of aromatic nitrogens is 1. The Labute approximate surface area is 181 Å². The number of carbonyl (C=O) groups is 2. The first-order chi connectivity index (χ1) is 14.8. The third-order valence-corrected chi connectivity index (χ3v) is 7.03. The Morgan fingerprint density at radius 3 is 2.61 bits per heavy atom. The van der Waals surface area contributed by atoms with Crippen molar-refractivity contribution in [2.75, 3.05) is 32.1 Å². The van der Waals surface area contributed by atoms with Crippen molar-refractivity contribution in [2.45, 2.75) is 24.7 Å². The number of benzene rings is 1. The van der Waals surface area contributed by atoms with Gasteiger partial charge in [-0.2, -0.15) is 4.31 Å². The van der Waals surface area contributed by atoms with E-state index in [4.69, 9.17) is 4.74 Å². The molecule has 31 heavy (non-hydrogen) atoms. The van der Waals surface area contributed by atoms with Gasteiger partial charge in [0.25, 0.3) is 0 Å². The lowest BCUT2D eigenvalue weighted by Crippen LogP contribution is -2.44. The normalized spacial score (nSPS) is 15.3. The van der Waals surface area contributed by atoms with Crippen LogP contribution in [0.5, 0.6) is 5.75 Å². The van der Waals surface area contributed by atoms with Crippen molar-refractivity contribution in [1.82, 2.24) is 14.6 Å². The zero-order valence-electron chi connectivity index (χ0n) is 17.5. The van der Waals surface area contributed by atoms with Gasteiger partial charge >= 0.3 is 0 Å². The summed E-state index contributed by atoms with van der Waals surface area (Å²) in [5.41, 5.74) is 1.50. The van der Waals surface area contributed by atoms with Crippen LogP contribution in [-0.2, 0) is 19.6 Å². The minimum absolute atomic E-state index is 0.140. The van der Waals surface area contributed by atoms with Crippen LogP contribution in [0.25, 0.3) is 0 Å². The summed E-state index contributed by atoms with van der Waals surface area (Å²) >= 11 is 0. The van der Waals surface area contributed by atoms with E-state index >= 15 is 0 Å². The summed E-state index contributed by atoms with van der Waals surface area (Å²) in [6.07, 6.45) is 3.61. The third kappa shape index (κ3) is 5.59. The van der Waals surface area contributed by atoms with Crippen molar-refractivity contribution in [3.63, 3.8) is 0 Å². The maximum absolute atomic E-state index is 12.7. The molecule has 2 aromatic rings. The molecule has 0 atom stereocenters. The Morgan fingerprint density at radius 2 is 1.97 bits per heavy atom. The van der Waals surface area contributed by atoms with Gasteiger partial charge in [-0.15, -0.1) is 0 Å². The van der Waals surface area contributed by atoms with Crippen LogP contribution in [0.1, 0.15) is 18.4 Å². The number of pyridine rings is 1. The Hall–Kier alpha value is -2.98. The van der Waals surface area contributed by atoms with E-state index in [1.165, 1.54) is 29.9 Å². The number of nitrogens with one attached hydrogen (secondary N) is 2. The van der Waals surface area contributed by atoms with E-state index in [0.29, 0.717) is 24.3 Å². The fourth-order valence-corrected chi connectivity index (χ4v) is 4.87. The quantitative estimate of drug-likeness (QED) is 0.666. The van der Waals surface area contributed by atoms with Crippen molar-refractivity contribution in [2.24, 2.45) is 5.92 Å². The fraction of sp³-hybridized carbons (Fsp3) is 0.381. The van der Waals surface area contributed by atoms with Crippen molar-refractivity contribution >= 4 is 27.5 Å². The molecule has 1 saturated heterocycles. The first-order valence-electron chi connectivity index (χ1n) is 9.93. The molecule has 0 bridgehead atoms. The molecule has 2 N–H and O–H groups in total. The van der Waals surface area contributed by atoms with Gasteiger partial charge in [0.15, 0.2) is 0 Å². The summed E-state index contributed by atoms with van der Waals surface area (Å²) in [6.45, 7) is 2.20. The summed E-state index contributed by atoms with van der Waals surface area (Å²) in [4.78, 5) is 28.7. The largest absolute Gasteiger partial charge is 0.495 e. The highest BCUT2D eigenvalue weighted by Gasteiger charge is 2.32. The van der Waals surface area contributed by atoms with Crippen molar-refractivity contribution in [1.29, 1.82) is 0 Å². The monoisotopic (exact) mass is 446 g/mol. The van der Waals surface area contributed by atoms with E-state index in [1.54, 1.807) is 18.2 Å². The van der Waals surface area contributed by atoms with Gasteiger partial charge < -0.3 is 15.4 Å². The van der Waals surface area contributed by atoms with Gasteiger partial charge in [0.1, 0.15) is 10.6 Å². The number of aryl methyl sites for hydroxylation is 1. The number of nitrogens with zero attached hydrogens (tertiary/aromatic N) is 2. The first-order valence-corrected chi connectivity index (χ1v) is 11.4. The molecule has 10 heteroatoms. The lowest BCUT2D eigenvalue weighted by molar-refractivity contribution is -0.128.